The molecule has 1 aliphatic rings. The molecule has 1 saturated heterocycles. The standard InChI is InChI=1S/C9H13N3O2S/c1-14-9(13)6-4-11-8(12-6)7-5-15-3-2-10-7/h4,7,10H,2-3,5H2,1H3,(H,11,12). The number of carbonyl (C=O) groups is 1. The lowest BCUT2D eigenvalue weighted by atomic mass is 10.3. The van der Waals surface area contributed by atoms with Crippen LogP contribution in [0.1, 0.15) is 22.4 Å². The number of esters is 1. The van der Waals surface area contributed by atoms with Crippen molar-refractivity contribution in [1.82, 2.24) is 15.3 Å². The SMILES string of the molecule is COC(=O)c1cnc(C2CSCCN2)[nH]1. The number of carbonyl (C=O) groups excluding carboxylic acids is 1. The largest absolute Gasteiger partial charge is 0.464 e. The molecule has 0 saturated carbocycles. The molecule has 2 rings (SSSR count). The summed E-state index contributed by atoms with van der Waals surface area (Å²) in [7, 11) is 1.36. The molecule has 0 bridgehead atoms. The minimum Gasteiger partial charge on any atom is -0.464 e. The number of nitrogens with one attached hydrogen (secondary N) is 2. The number of aromatic nitrogens is 2. The van der Waals surface area contributed by atoms with Gasteiger partial charge in [0.2, 0.25) is 0 Å². The molecule has 5 nitrogen and oxygen atoms in total. The van der Waals surface area contributed by atoms with E-state index in [-0.39, 0.29) is 12.0 Å². The molecule has 1 unspecified atom stereocenters. The maximum Gasteiger partial charge on any atom is 0.356 e. The van der Waals surface area contributed by atoms with Crippen molar-refractivity contribution in [2.75, 3.05) is 25.2 Å². The Morgan fingerprint density at radius 2 is 2.60 bits per heavy atom. The van der Waals surface area contributed by atoms with Crippen molar-refractivity contribution < 1.29 is 9.53 Å². The van der Waals surface area contributed by atoms with Gasteiger partial charge in [-0.3, -0.25) is 0 Å². The van der Waals surface area contributed by atoms with Gasteiger partial charge in [-0.2, -0.15) is 11.8 Å². The Balaban J connectivity index is 2.08. The van der Waals surface area contributed by atoms with Crippen LogP contribution in [0, 0.1) is 0 Å². The lowest BCUT2D eigenvalue weighted by molar-refractivity contribution is 0.0594. The van der Waals surface area contributed by atoms with Crippen LogP contribution in [0.3, 0.4) is 0 Å². The van der Waals surface area contributed by atoms with Crippen molar-refractivity contribution in [1.29, 1.82) is 0 Å². The molecular weight excluding hydrogens is 214 g/mol. The Morgan fingerprint density at radius 3 is 3.27 bits per heavy atom. The Morgan fingerprint density at radius 1 is 1.73 bits per heavy atom. The topological polar surface area (TPSA) is 67.0 Å². The van der Waals surface area contributed by atoms with Gasteiger partial charge >= 0.3 is 5.97 Å². The smallest absolute Gasteiger partial charge is 0.356 e. The summed E-state index contributed by atoms with van der Waals surface area (Å²) in [6, 6.07) is 0.210. The number of ether oxygens (including phenoxy) is 1. The number of hydrogen-bond donors (Lipinski definition) is 2. The number of hydrogen-bond acceptors (Lipinski definition) is 5. The van der Waals surface area contributed by atoms with Gasteiger partial charge in [0.25, 0.3) is 0 Å². The number of aromatic amines is 1. The minimum absolute atomic E-state index is 0.210. The average Bonchev–Trinajstić information content (AvgIpc) is 2.78. The van der Waals surface area contributed by atoms with E-state index in [0.29, 0.717) is 5.69 Å². The summed E-state index contributed by atoms with van der Waals surface area (Å²) in [4.78, 5) is 18.3. The first-order valence-electron chi connectivity index (χ1n) is 4.75. The Bertz CT molecular complexity index is 347. The van der Waals surface area contributed by atoms with Crippen LogP contribution >= 0.6 is 11.8 Å². The highest BCUT2D eigenvalue weighted by atomic mass is 32.2. The fraction of sp³-hybridized carbons (Fsp3) is 0.556. The Hall–Kier alpha value is -1.01. The molecule has 6 heteroatoms. The normalized spacial score (nSPS) is 21.3. The summed E-state index contributed by atoms with van der Waals surface area (Å²) in [5, 5.41) is 3.34. The van der Waals surface area contributed by atoms with Crippen LogP contribution in [-0.4, -0.2) is 41.1 Å². The maximum atomic E-state index is 11.2. The first kappa shape index (κ1) is 10.5. The van der Waals surface area contributed by atoms with Crippen LogP contribution in [0.2, 0.25) is 0 Å². The summed E-state index contributed by atoms with van der Waals surface area (Å²) < 4.78 is 4.60. The molecule has 0 spiro atoms. The number of H-pyrrole nitrogens is 1. The molecule has 0 amide bonds. The van der Waals surface area contributed by atoms with Gasteiger partial charge in [-0.15, -0.1) is 0 Å². The van der Waals surface area contributed by atoms with Gasteiger partial charge in [-0.25, -0.2) is 9.78 Å². The van der Waals surface area contributed by atoms with Gasteiger partial charge in [0.15, 0.2) is 0 Å². The highest BCUT2D eigenvalue weighted by Crippen LogP contribution is 2.19. The monoisotopic (exact) mass is 227 g/mol. The van der Waals surface area contributed by atoms with Gasteiger partial charge < -0.3 is 15.0 Å². The molecule has 82 valence electrons. The summed E-state index contributed by atoms with van der Waals surface area (Å²) in [5.41, 5.74) is 0.407. The third-order valence-electron chi connectivity index (χ3n) is 2.25. The maximum absolute atomic E-state index is 11.2. The van der Waals surface area contributed by atoms with E-state index in [1.165, 1.54) is 13.3 Å². The first-order chi connectivity index (χ1) is 7.31. The number of methoxy groups -OCH3 is 1. The van der Waals surface area contributed by atoms with E-state index in [4.69, 9.17) is 0 Å². The van der Waals surface area contributed by atoms with E-state index in [2.05, 4.69) is 20.0 Å². The van der Waals surface area contributed by atoms with E-state index in [1.807, 2.05) is 11.8 Å². The van der Waals surface area contributed by atoms with Crippen LogP contribution in [0.25, 0.3) is 0 Å². The fourth-order valence-corrected chi connectivity index (χ4v) is 2.41. The third-order valence-corrected chi connectivity index (χ3v) is 3.31. The second-order valence-corrected chi connectivity index (χ2v) is 4.41. The van der Waals surface area contributed by atoms with Crippen molar-refractivity contribution in [2.24, 2.45) is 0 Å². The Kier molecular flexibility index (Phi) is 3.27. The van der Waals surface area contributed by atoms with Crippen molar-refractivity contribution in [3.05, 3.63) is 17.7 Å². The lowest BCUT2D eigenvalue weighted by Gasteiger charge is -2.20. The first-order valence-corrected chi connectivity index (χ1v) is 5.91. The zero-order chi connectivity index (χ0) is 10.7. The van der Waals surface area contributed by atoms with Gasteiger partial charge in [0.1, 0.15) is 11.5 Å². The van der Waals surface area contributed by atoms with Crippen molar-refractivity contribution >= 4 is 17.7 Å². The molecule has 1 aromatic heterocycles. The molecular formula is C9H13N3O2S. The molecule has 0 aliphatic carbocycles. The summed E-state index contributed by atoms with van der Waals surface area (Å²) >= 11 is 1.88. The highest BCUT2D eigenvalue weighted by molar-refractivity contribution is 7.99. The van der Waals surface area contributed by atoms with Crippen LogP contribution in [-0.2, 0) is 4.74 Å². The van der Waals surface area contributed by atoms with E-state index < -0.39 is 0 Å². The van der Waals surface area contributed by atoms with Crippen molar-refractivity contribution in [2.45, 2.75) is 6.04 Å². The van der Waals surface area contributed by atoms with E-state index in [0.717, 1.165) is 23.9 Å². The third kappa shape index (κ3) is 2.32. The van der Waals surface area contributed by atoms with E-state index in [1.54, 1.807) is 0 Å². The van der Waals surface area contributed by atoms with E-state index >= 15 is 0 Å². The number of nitrogens with zero attached hydrogens (tertiary/aromatic N) is 1. The predicted molar refractivity (Wildman–Crippen MR) is 58.0 cm³/mol. The zero-order valence-electron chi connectivity index (χ0n) is 8.45. The van der Waals surface area contributed by atoms with Gasteiger partial charge in [0, 0.05) is 18.1 Å². The lowest BCUT2D eigenvalue weighted by Crippen LogP contribution is -2.31. The van der Waals surface area contributed by atoms with Crippen LogP contribution in [0.5, 0.6) is 0 Å². The summed E-state index contributed by atoms with van der Waals surface area (Å²) in [5.74, 6) is 2.54. The molecule has 2 heterocycles. The summed E-state index contributed by atoms with van der Waals surface area (Å²) in [6.45, 7) is 0.976. The van der Waals surface area contributed by atoms with E-state index in [9.17, 15) is 4.79 Å². The molecule has 2 N–H and O–H groups in total. The highest BCUT2D eigenvalue weighted by Gasteiger charge is 2.19. The van der Waals surface area contributed by atoms with Crippen molar-refractivity contribution in [3.8, 4) is 0 Å². The molecule has 1 aromatic rings. The van der Waals surface area contributed by atoms with Gasteiger partial charge in [-0.1, -0.05) is 0 Å². The van der Waals surface area contributed by atoms with Gasteiger partial charge in [0.05, 0.1) is 19.3 Å². The molecule has 1 atom stereocenters. The summed E-state index contributed by atoms with van der Waals surface area (Å²) in [6.07, 6.45) is 1.52. The molecule has 15 heavy (non-hydrogen) atoms. The van der Waals surface area contributed by atoms with Crippen LogP contribution in [0.4, 0.5) is 0 Å². The molecule has 0 aromatic carbocycles. The number of thioether (sulfide) groups is 1. The van der Waals surface area contributed by atoms with Crippen LogP contribution in [0.15, 0.2) is 6.20 Å². The minimum atomic E-state index is -0.378. The Labute approximate surface area is 92.0 Å². The predicted octanol–water partition coefficient (Wildman–Crippen LogP) is 0.574. The van der Waals surface area contributed by atoms with Crippen molar-refractivity contribution in [3.63, 3.8) is 0 Å². The second kappa shape index (κ2) is 4.67. The number of rotatable bonds is 2. The van der Waals surface area contributed by atoms with Gasteiger partial charge in [-0.05, 0) is 0 Å². The molecule has 0 radical (unpaired) electrons. The second-order valence-electron chi connectivity index (χ2n) is 3.26. The fourth-order valence-electron chi connectivity index (χ4n) is 1.47. The number of imidazole rings is 1. The molecule has 1 fully saturated rings. The van der Waals surface area contributed by atoms with Crippen LogP contribution < -0.4 is 5.32 Å². The molecule has 1 aliphatic heterocycles. The average molecular weight is 227 g/mol. The quantitative estimate of drug-likeness (QED) is 0.723. The zero-order valence-corrected chi connectivity index (χ0v) is 9.26.